The van der Waals surface area contributed by atoms with Gasteiger partial charge in [-0.25, -0.2) is 0 Å². The Hall–Kier alpha value is -1.16. The first-order valence-corrected chi connectivity index (χ1v) is 9.57. The minimum Gasteiger partial charge on any atom is -0.380 e. The third kappa shape index (κ3) is 5.67. The van der Waals surface area contributed by atoms with Gasteiger partial charge in [0.2, 0.25) is 0 Å². The van der Waals surface area contributed by atoms with Gasteiger partial charge < -0.3 is 15.8 Å². The molecule has 1 aliphatic rings. The summed E-state index contributed by atoms with van der Waals surface area (Å²) in [5, 5.41) is 5.35. The van der Waals surface area contributed by atoms with Crippen LogP contribution in [-0.4, -0.2) is 37.6 Å². The van der Waals surface area contributed by atoms with Gasteiger partial charge in [-0.15, -0.1) is 35.3 Å². The molecule has 1 atom stereocenters. The summed E-state index contributed by atoms with van der Waals surface area (Å²) in [7, 11) is 1.69. The van der Waals surface area contributed by atoms with Crippen LogP contribution in [0.4, 0.5) is 5.69 Å². The van der Waals surface area contributed by atoms with Crippen LogP contribution in [0.2, 0.25) is 0 Å². The van der Waals surface area contributed by atoms with Crippen LogP contribution >= 0.6 is 35.3 Å². The van der Waals surface area contributed by atoms with Crippen LogP contribution < -0.4 is 11.1 Å². The lowest BCUT2D eigenvalue weighted by Gasteiger charge is -2.25. The summed E-state index contributed by atoms with van der Waals surface area (Å²) >= 11 is 1.79. The topological polar surface area (TPSA) is 62.9 Å². The molecule has 2 aromatic rings. The lowest BCUT2D eigenvalue weighted by atomic mass is 10.2. The largest absolute Gasteiger partial charge is 0.380 e. The SMILES string of the molecule is COCc1ccccc1NC(N)=NCC(c1cccs1)N1CCCC1.I. The van der Waals surface area contributed by atoms with Crippen LogP contribution in [0.15, 0.2) is 46.8 Å². The molecule has 1 aromatic heterocycles. The zero-order chi connectivity index (χ0) is 17.5. The average Bonchev–Trinajstić information content (AvgIpc) is 3.31. The smallest absolute Gasteiger partial charge is 0.193 e. The predicted octanol–water partition coefficient (Wildman–Crippen LogP) is 4.08. The van der Waals surface area contributed by atoms with Gasteiger partial charge in [0.25, 0.3) is 0 Å². The molecule has 5 nitrogen and oxygen atoms in total. The maximum atomic E-state index is 6.15. The molecular weight excluding hydrogens is 459 g/mol. The third-order valence-corrected chi connectivity index (χ3v) is 5.44. The van der Waals surface area contributed by atoms with Crippen molar-refractivity contribution in [3.8, 4) is 0 Å². The highest BCUT2D eigenvalue weighted by atomic mass is 127. The van der Waals surface area contributed by atoms with Gasteiger partial charge in [0.15, 0.2) is 5.96 Å². The summed E-state index contributed by atoms with van der Waals surface area (Å²) in [5.74, 6) is 0.448. The Morgan fingerprint density at radius 1 is 1.27 bits per heavy atom. The van der Waals surface area contributed by atoms with Crippen LogP contribution in [0.1, 0.15) is 29.3 Å². The molecule has 142 valence electrons. The number of rotatable bonds is 7. The van der Waals surface area contributed by atoms with Crippen molar-refractivity contribution in [2.24, 2.45) is 10.7 Å². The zero-order valence-electron chi connectivity index (χ0n) is 15.1. The second-order valence-corrected chi connectivity index (χ2v) is 7.19. The van der Waals surface area contributed by atoms with Gasteiger partial charge in [-0.2, -0.15) is 0 Å². The number of guanidine groups is 1. The van der Waals surface area contributed by atoms with Crippen molar-refractivity contribution < 1.29 is 4.74 Å². The van der Waals surface area contributed by atoms with E-state index in [9.17, 15) is 0 Å². The minimum atomic E-state index is 0. The molecule has 1 saturated heterocycles. The summed E-state index contributed by atoms with van der Waals surface area (Å²) in [6.45, 7) is 3.50. The molecule has 26 heavy (non-hydrogen) atoms. The highest BCUT2D eigenvalue weighted by Gasteiger charge is 2.24. The van der Waals surface area contributed by atoms with Gasteiger partial charge in [-0.1, -0.05) is 24.3 Å². The molecule has 0 saturated carbocycles. The lowest BCUT2D eigenvalue weighted by Crippen LogP contribution is -2.29. The minimum absolute atomic E-state index is 0. The summed E-state index contributed by atoms with van der Waals surface area (Å²) in [6, 6.07) is 12.6. The highest BCUT2D eigenvalue weighted by Crippen LogP contribution is 2.28. The van der Waals surface area contributed by atoms with E-state index in [0.29, 0.717) is 25.2 Å². The van der Waals surface area contributed by atoms with Crippen LogP contribution in [0.5, 0.6) is 0 Å². The number of para-hydroxylation sites is 1. The Labute approximate surface area is 176 Å². The molecule has 7 heteroatoms. The van der Waals surface area contributed by atoms with E-state index >= 15 is 0 Å². The quantitative estimate of drug-likeness (QED) is 0.352. The second kappa shape index (κ2) is 10.9. The van der Waals surface area contributed by atoms with Gasteiger partial charge in [-0.3, -0.25) is 9.89 Å². The second-order valence-electron chi connectivity index (χ2n) is 6.22. The first kappa shape index (κ1) is 21.1. The Bertz CT molecular complexity index is 687. The molecule has 2 heterocycles. The van der Waals surface area contributed by atoms with E-state index in [1.54, 1.807) is 18.4 Å². The molecule has 0 bridgehead atoms. The summed E-state index contributed by atoms with van der Waals surface area (Å²) in [6.07, 6.45) is 2.54. The van der Waals surface area contributed by atoms with E-state index in [4.69, 9.17) is 10.5 Å². The normalized spacial score (nSPS) is 16.3. The molecule has 0 radical (unpaired) electrons. The van der Waals surface area contributed by atoms with Gasteiger partial charge >= 0.3 is 0 Å². The summed E-state index contributed by atoms with van der Waals surface area (Å²) < 4.78 is 5.24. The molecule has 3 rings (SSSR count). The maximum absolute atomic E-state index is 6.15. The van der Waals surface area contributed by atoms with E-state index in [0.717, 1.165) is 24.3 Å². The fourth-order valence-electron chi connectivity index (χ4n) is 3.21. The number of nitrogens with zero attached hydrogens (tertiary/aromatic N) is 2. The molecule has 3 N–H and O–H groups in total. The average molecular weight is 486 g/mol. The van der Waals surface area contributed by atoms with Crippen molar-refractivity contribution in [2.75, 3.05) is 32.1 Å². The number of hydrogen-bond donors (Lipinski definition) is 2. The number of thiophene rings is 1. The van der Waals surface area contributed by atoms with E-state index in [2.05, 4.69) is 32.7 Å². The van der Waals surface area contributed by atoms with Crippen molar-refractivity contribution in [1.82, 2.24) is 4.90 Å². The maximum Gasteiger partial charge on any atom is 0.193 e. The Morgan fingerprint density at radius 3 is 2.73 bits per heavy atom. The van der Waals surface area contributed by atoms with Crippen LogP contribution in [0.3, 0.4) is 0 Å². The van der Waals surface area contributed by atoms with Crippen molar-refractivity contribution in [1.29, 1.82) is 0 Å². The molecule has 1 aromatic carbocycles. The first-order valence-electron chi connectivity index (χ1n) is 8.69. The van der Waals surface area contributed by atoms with Crippen molar-refractivity contribution in [3.05, 3.63) is 52.2 Å². The Morgan fingerprint density at radius 2 is 2.04 bits per heavy atom. The van der Waals surface area contributed by atoms with Crippen molar-refractivity contribution in [3.63, 3.8) is 0 Å². The molecule has 0 aliphatic carbocycles. The third-order valence-electron chi connectivity index (χ3n) is 4.47. The predicted molar refractivity (Wildman–Crippen MR) is 121 cm³/mol. The number of hydrogen-bond acceptors (Lipinski definition) is 4. The van der Waals surface area contributed by atoms with E-state index in [1.165, 1.54) is 17.7 Å². The molecule has 1 unspecified atom stereocenters. The molecule has 0 amide bonds. The number of ether oxygens (including phenoxy) is 1. The van der Waals surface area contributed by atoms with Crippen molar-refractivity contribution >= 4 is 47.0 Å². The number of halogens is 1. The number of nitrogens with one attached hydrogen (secondary N) is 1. The number of anilines is 1. The van der Waals surface area contributed by atoms with Gasteiger partial charge in [-0.05, 0) is 43.4 Å². The molecule has 1 aliphatic heterocycles. The number of nitrogens with two attached hydrogens (primary N) is 1. The van der Waals surface area contributed by atoms with Crippen LogP contribution in [0, 0.1) is 0 Å². The standard InChI is InChI=1S/C19H26N4OS.HI/c1-24-14-15-7-2-3-8-16(15)22-19(20)21-13-17(18-9-6-12-25-18)23-10-4-5-11-23;/h2-3,6-9,12,17H,4-5,10-11,13-14H2,1H3,(H3,20,21,22);1H. The highest BCUT2D eigenvalue weighted by molar-refractivity contribution is 14.0. The zero-order valence-corrected chi connectivity index (χ0v) is 18.2. The number of benzene rings is 1. The number of aliphatic imine (C=N–C) groups is 1. The van der Waals surface area contributed by atoms with Crippen molar-refractivity contribution in [2.45, 2.75) is 25.5 Å². The summed E-state index contributed by atoms with van der Waals surface area (Å²) in [5.41, 5.74) is 8.17. The van der Waals surface area contributed by atoms with Gasteiger partial charge in [0.1, 0.15) is 0 Å². The first-order chi connectivity index (χ1) is 12.3. The number of methoxy groups -OCH3 is 1. The fourth-order valence-corrected chi connectivity index (χ4v) is 4.06. The van der Waals surface area contributed by atoms with Crippen LogP contribution in [0.25, 0.3) is 0 Å². The van der Waals surface area contributed by atoms with Gasteiger partial charge in [0, 0.05) is 23.2 Å². The monoisotopic (exact) mass is 486 g/mol. The number of likely N-dealkylation sites (tertiary alicyclic amines) is 1. The fraction of sp³-hybridized carbons (Fsp3) is 0.421. The van der Waals surface area contributed by atoms with E-state index in [1.807, 2.05) is 24.3 Å². The van der Waals surface area contributed by atoms with E-state index in [-0.39, 0.29) is 24.0 Å². The van der Waals surface area contributed by atoms with E-state index < -0.39 is 0 Å². The lowest BCUT2D eigenvalue weighted by molar-refractivity contribution is 0.185. The molecule has 1 fully saturated rings. The summed E-state index contributed by atoms with van der Waals surface area (Å²) in [4.78, 5) is 8.50. The molecular formula is C19H27IN4OS. The van der Waals surface area contributed by atoms with Gasteiger partial charge in [0.05, 0.1) is 19.2 Å². The Balaban J connectivity index is 0.00000243. The molecule has 0 spiro atoms. The van der Waals surface area contributed by atoms with Crippen LogP contribution in [-0.2, 0) is 11.3 Å². The Kier molecular flexibility index (Phi) is 8.83.